The monoisotopic (exact) mass is 332 g/mol. The average molecular weight is 332 g/mol. The van der Waals surface area contributed by atoms with E-state index in [1.165, 1.54) is 6.07 Å². The first-order chi connectivity index (χ1) is 11.4. The fourth-order valence-electron chi connectivity index (χ4n) is 3.61. The van der Waals surface area contributed by atoms with Gasteiger partial charge in [0.25, 0.3) is 0 Å². The maximum Gasteiger partial charge on any atom is 0.225 e. The van der Waals surface area contributed by atoms with Crippen LogP contribution < -0.4 is 0 Å². The van der Waals surface area contributed by atoms with Crippen LogP contribution in [0.15, 0.2) is 30.5 Å². The fraction of sp³-hybridized carbons (Fsp3) is 0.500. The molecule has 2 aromatic heterocycles. The average Bonchev–Trinajstić information content (AvgIpc) is 2.55. The molecular weight excluding hydrogens is 306 g/mol. The molecule has 0 aromatic carbocycles. The summed E-state index contributed by atoms with van der Waals surface area (Å²) in [5.74, 6) is -1.26. The van der Waals surface area contributed by atoms with E-state index in [4.69, 9.17) is 0 Å². The van der Waals surface area contributed by atoms with Crippen LogP contribution in [-0.2, 0) is 5.41 Å². The molecule has 1 unspecified atom stereocenters. The Morgan fingerprint density at radius 2 is 1.92 bits per heavy atom. The van der Waals surface area contributed by atoms with Crippen molar-refractivity contribution in [2.45, 2.75) is 58.8 Å². The molecule has 0 fully saturated rings. The van der Waals surface area contributed by atoms with Gasteiger partial charge in [-0.3, -0.25) is 4.98 Å². The van der Waals surface area contributed by atoms with E-state index in [0.717, 1.165) is 25.7 Å². The predicted octanol–water partition coefficient (Wildman–Crippen LogP) is 5.92. The largest absolute Gasteiger partial charge is 0.256 e. The molecule has 0 aliphatic rings. The summed E-state index contributed by atoms with van der Waals surface area (Å²) < 4.78 is 28.6. The maximum absolute atomic E-state index is 14.6. The van der Waals surface area contributed by atoms with Gasteiger partial charge < -0.3 is 0 Å². The molecule has 0 saturated heterocycles. The fourth-order valence-corrected chi connectivity index (χ4v) is 3.61. The Hall–Kier alpha value is -1.84. The molecule has 2 heterocycles. The summed E-state index contributed by atoms with van der Waals surface area (Å²) in [5.41, 5.74) is 1.18. The van der Waals surface area contributed by atoms with E-state index in [1.54, 1.807) is 18.3 Å². The van der Waals surface area contributed by atoms with Crippen molar-refractivity contribution < 1.29 is 8.78 Å². The molecule has 2 rings (SSSR count). The molecule has 130 valence electrons. The summed E-state index contributed by atoms with van der Waals surface area (Å²) in [6.07, 6.45) is 5.46. The molecule has 4 heteroatoms. The van der Waals surface area contributed by atoms with E-state index in [1.807, 2.05) is 6.07 Å². The first kappa shape index (κ1) is 18.5. The number of nitrogens with zero attached hydrogens (tertiary/aromatic N) is 2. The molecule has 24 heavy (non-hydrogen) atoms. The van der Waals surface area contributed by atoms with Gasteiger partial charge in [-0.2, -0.15) is 13.8 Å². The van der Waals surface area contributed by atoms with Crippen LogP contribution in [0.4, 0.5) is 8.78 Å². The normalized spacial score (nSPS) is 15.1. The van der Waals surface area contributed by atoms with Gasteiger partial charge in [0.05, 0.1) is 11.3 Å². The molecule has 0 spiro atoms. The minimum absolute atomic E-state index is 0.297. The number of halogens is 2. The quantitative estimate of drug-likeness (QED) is 0.588. The Morgan fingerprint density at radius 3 is 2.50 bits per heavy atom. The zero-order valence-corrected chi connectivity index (χ0v) is 14.9. The van der Waals surface area contributed by atoms with E-state index >= 15 is 0 Å². The lowest BCUT2D eigenvalue weighted by Crippen LogP contribution is -2.32. The molecular formula is C20H26F2N2. The van der Waals surface area contributed by atoms with Gasteiger partial charge in [-0.1, -0.05) is 53.0 Å². The summed E-state index contributed by atoms with van der Waals surface area (Å²) in [5, 5.41) is 0. The van der Waals surface area contributed by atoms with Crippen molar-refractivity contribution in [1.82, 2.24) is 9.97 Å². The van der Waals surface area contributed by atoms with Crippen LogP contribution in [0, 0.1) is 17.8 Å². The van der Waals surface area contributed by atoms with Crippen LogP contribution in [0.25, 0.3) is 11.3 Å². The minimum Gasteiger partial charge on any atom is -0.256 e. The first-order valence-electron chi connectivity index (χ1n) is 8.72. The molecule has 2 aromatic rings. The van der Waals surface area contributed by atoms with E-state index in [0.29, 0.717) is 22.7 Å². The lowest BCUT2D eigenvalue weighted by molar-refractivity contribution is 0.271. The highest BCUT2D eigenvalue weighted by atomic mass is 19.1. The summed E-state index contributed by atoms with van der Waals surface area (Å²) in [6.45, 7) is 8.51. The molecule has 2 atom stereocenters. The van der Waals surface area contributed by atoms with Gasteiger partial charge in [0.1, 0.15) is 0 Å². The van der Waals surface area contributed by atoms with Crippen molar-refractivity contribution in [1.29, 1.82) is 0 Å². The molecule has 0 amide bonds. The predicted molar refractivity (Wildman–Crippen MR) is 93.7 cm³/mol. The highest BCUT2D eigenvalue weighted by molar-refractivity contribution is 5.65. The van der Waals surface area contributed by atoms with E-state index in [-0.39, 0.29) is 5.41 Å². The van der Waals surface area contributed by atoms with E-state index in [9.17, 15) is 8.78 Å². The molecule has 0 N–H and O–H groups in total. The zero-order valence-electron chi connectivity index (χ0n) is 14.9. The van der Waals surface area contributed by atoms with Crippen LogP contribution in [0.2, 0.25) is 0 Å². The van der Waals surface area contributed by atoms with Gasteiger partial charge in [-0.15, -0.1) is 0 Å². The van der Waals surface area contributed by atoms with Crippen molar-refractivity contribution in [2.24, 2.45) is 5.92 Å². The molecule has 0 saturated carbocycles. The van der Waals surface area contributed by atoms with Crippen LogP contribution in [-0.4, -0.2) is 9.97 Å². The van der Waals surface area contributed by atoms with Crippen LogP contribution >= 0.6 is 0 Å². The number of pyridine rings is 2. The lowest BCUT2D eigenvalue weighted by atomic mass is 9.67. The van der Waals surface area contributed by atoms with Gasteiger partial charge in [0.2, 0.25) is 11.9 Å². The summed E-state index contributed by atoms with van der Waals surface area (Å²) in [4.78, 5) is 7.69. The van der Waals surface area contributed by atoms with Gasteiger partial charge in [-0.25, -0.2) is 0 Å². The maximum atomic E-state index is 14.6. The zero-order chi connectivity index (χ0) is 17.7. The molecule has 0 bridgehead atoms. The Kier molecular flexibility index (Phi) is 6.03. The number of hydrogen-bond donors (Lipinski definition) is 0. The van der Waals surface area contributed by atoms with E-state index < -0.39 is 11.9 Å². The minimum atomic E-state index is -0.783. The standard InChI is InChI=1S/C20H26F2N2/c1-5-9-14(3)20(4,11-6-2)15-13-17(21)24-19(22)18(15)16-10-7-8-12-23-16/h7-8,10,12-14H,5-6,9,11H2,1-4H3/t14-,20?/m1/s1. The van der Waals surface area contributed by atoms with Gasteiger partial charge >= 0.3 is 0 Å². The third kappa shape index (κ3) is 3.63. The molecule has 0 radical (unpaired) electrons. The SMILES string of the molecule is CCC[C@@H](C)C(C)(CCC)c1cc(F)nc(F)c1-c1ccccn1. The number of rotatable bonds is 7. The summed E-state index contributed by atoms with van der Waals surface area (Å²) in [6, 6.07) is 6.73. The topological polar surface area (TPSA) is 25.8 Å². The highest BCUT2D eigenvalue weighted by Crippen LogP contribution is 2.43. The van der Waals surface area contributed by atoms with E-state index in [2.05, 4.69) is 37.7 Å². The van der Waals surface area contributed by atoms with Gasteiger partial charge in [0.15, 0.2) is 0 Å². The first-order valence-corrected chi connectivity index (χ1v) is 8.72. The van der Waals surface area contributed by atoms with Gasteiger partial charge in [-0.05, 0) is 41.5 Å². The Bertz CT molecular complexity index is 673. The second-order valence-corrected chi connectivity index (χ2v) is 6.73. The Balaban J connectivity index is 2.70. The van der Waals surface area contributed by atoms with Crippen LogP contribution in [0.5, 0.6) is 0 Å². The number of hydrogen-bond acceptors (Lipinski definition) is 2. The Morgan fingerprint density at radius 1 is 1.17 bits per heavy atom. The lowest BCUT2D eigenvalue weighted by Gasteiger charge is -2.38. The van der Waals surface area contributed by atoms with Gasteiger partial charge in [0, 0.05) is 6.20 Å². The summed E-state index contributed by atoms with van der Waals surface area (Å²) >= 11 is 0. The van der Waals surface area contributed by atoms with Crippen LogP contribution in [0.3, 0.4) is 0 Å². The number of aromatic nitrogens is 2. The highest BCUT2D eigenvalue weighted by Gasteiger charge is 2.36. The molecule has 0 aliphatic heterocycles. The second-order valence-electron chi connectivity index (χ2n) is 6.73. The third-order valence-electron chi connectivity index (χ3n) is 5.06. The van der Waals surface area contributed by atoms with Crippen LogP contribution in [0.1, 0.15) is 58.9 Å². The second kappa shape index (κ2) is 7.82. The van der Waals surface area contributed by atoms with Crippen molar-refractivity contribution in [3.8, 4) is 11.3 Å². The van der Waals surface area contributed by atoms with Crippen molar-refractivity contribution in [3.63, 3.8) is 0 Å². The molecule has 2 nitrogen and oxygen atoms in total. The smallest absolute Gasteiger partial charge is 0.225 e. The summed E-state index contributed by atoms with van der Waals surface area (Å²) in [7, 11) is 0. The van der Waals surface area contributed by atoms with Crippen molar-refractivity contribution >= 4 is 0 Å². The Labute approximate surface area is 143 Å². The van der Waals surface area contributed by atoms with Crippen molar-refractivity contribution in [3.05, 3.63) is 47.9 Å². The third-order valence-corrected chi connectivity index (χ3v) is 5.06. The van der Waals surface area contributed by atoms with Crippen molar-refractivity contribution in [2.75, 3.05) is 0 Å². The molecule has 0 aliphatic carbocycles.